The van der Waals surface area contributed by atoms with Gasteiger partial charge in [0.25, 0.3) is 0 Å². The normalized spacial score (nSPS) is 20.8. The van der Waals surface area contributed by atoms with Crippen molar-refractivity contribution in [3.63, 3.8) is 0 Å². The van der Waals surface area contributed by atoms with Crippen LogP contribution < -0.4 is 0 Å². The molecule has 132 valence electrons. The van der Waals surface area contributed by atoms with Gasteiger partial charge in [0, 0.05) is 18.1 Å². The maximum Gasteiger partial charge on any atom is 0.168 e. The molecule has 0 bridgehead atoms. The molecule has 1 aliphatic rings. The van der Waals surface area contributed by atoms with E-state index in [0.717, 1.165) is 25.0 Å². The summed E-state index contributed by atoms with van der Waals surface area (Å²) in [7, 11) is 0. The van der Waals surface area contributed by atoms with Crippen LogP contribution in [0.1, 0.15) is 66.2 Å². The zero-order valence-corrected chi connectivity index (χ0v) is 15.7. The van der Waals surface area contributed by atoms with Gasteiger partial charge in [0.15, 0.2) is 5.78 Å². The van der Waals surface area contributed by atoms with Gasteiger partial charge in [-0.3, -0.25) is 4.79 Å². The minimum absolute atomic E-state index is 0.0157. The lowest BCUT2D eigenvalue weighted by molar-refractivity contribution is -0.116. The Kier molecular flexibility index (Phi) is 9.37. The van der Waals surface area contributed by atoms with Crippen molar-refractivity contribution in [1.29, 1.82) is 0 Å². The molecular weight excluding hydrogens is 310 g/mol. The number of hydrogen-bond acceptors (Lipinski definition) is 5. The van der Waals surface area contributed by atoms with Crippen LogP contribution in [0.5, 0.6) is 0 Å². The number of aliphatic hydroxyl groups is 1. The molecule has 0 aromatic heterocycles. The Balaban J connectivity index is 2.87. The van der Waals surface area contributed by atoms with Crippen LogP contribution >= 0.6 is 11.8 Å². The van der Waals surface area contributed by atoms with Crippen LogP contribution in [0.4, 0.5) is 0 Å². The average Bonchev–Trinajstić information content (AvgIpc) is 2.51. The lowest BCUT2D eigenvalue weighted by Gasteiger charge is -2.26. The number of allylic oxidation sites excluding steroid dienone is 2. The van der Waals surface area contributed by atoms with Gasteiger partial charge in [-0.2, -0.15) is 11.8 Å². The number of thioether (sulfide) groups is 1. The first-order valence-electron chi connectivity index (χ1n) is 8.83. The SMILES string of the molecule is CCCC(=NOCC)C1=C(O)CC(CC(CC)SCC)CC1=O. The van der Waals surface area contributed by atoms with Crippen molar-refractivity contribution in [3.05, 3.63) is 11.3 Å². The summed E-state index contributed by atoms with van der Waals surface area (Å²) in [6.07, 6.45) is 4.70. The highest BCUT2D eigenvalue weighted by Gasteiger charge is 2.31. The molecule has 5 heteroatoms. The van der Waals surface area contributed by atoms with Gasteiger partial charge in [-0.05, 0) is 37.9 Å². The molecular formula is C18H31NO3S. The van der Waals surface area contributed by atoms with E-state index in [4.69, 9.17) is 4.84 Å². The molecule has 0 fully saturated rings. The maximum absolute atomic E-state index is 12.6. The number of hydrogen-bond donors (Lipinski definition) is 1. The highest BCUT2D eigenvalue weighted by atomic mass is 32.2. The van der Waals surface area contributed by atoms with Gasteiger partial charge in [0.2, 0.25) is 0 Å². The lowest BCUT2D eigenvalue weighted by atomic mass is 9.82. The van der Waals surface area contributed by atoms with Gasteiger partial charge in [0.05, 0.1) is 11.3 Å². The molecule has 0 heterocycles. The summed E-state index contributed by atoms with van der Waals surface area (Å²) in [5, 5.41) is 15.1. The van der Waals surface area contributed by atoms with Crippen LogP contribution in [-0.4, -0.2) is 34.2 Å². The Morgan fingerprint density at radius 3 is 2.61 bits per heavy atom. The monoisotopic (exact) mass is 341 g/mol. The third kappa shape index (κ3) is 6.21. The molecule has 0 saturated carbocycles. The van der Waals surface area contributed by atoms with Gasteiger partial charge in [-0.1, -0.05) is 32.3 Å². The third-order valence-electron chi connectivity index (χ3n) is 4.06. The van der Waals surface area contributed by atoms with Crippen LogP contribution in [0.25, 0.3) is 0 Å². The number of carbonyl (C=O) groups is 1. The number of aliphatic hydroxyl groups excluding tert-OH is 1. The second-order valence-corrected chi connectivity index (χ2v) is 7.52. The van der Waals surface area contributed by atoms with E-state index in [2.05, 4.69) is 19.0 Å². The van der Waals surface area contributed by atoms with Crippen molar-refractivity contribution >= 4 is 23.3 Å². The van der Waals surface area contributed by atoms with E-state index < -0.39 is 0 Å². The summed E-state index contributed by atoms with van der Waals surface area (Å²) < 4.78 is 0. The molecule has 0 amide bonds. The molecule has 1 aliphatic carbocycles. The molecule has 4 nitrogen and oxygen atoms in total. The summed E-state index contributed by atoms with van der Waals surface area (Å²) in [6, 6.07) is 0. The number of carbonyl (C=O) groups excluding carboxylic acids is 1. The van der Waals surface area contributed by atoms with Gasteiger partial charge in [0.1, 0.15) is 12.4 Å². The Morgan fingerprint density at radius 1 is 1.35 bits per heavy atom. The zero-order valence-electron chi connectivity index (χ0n) is 14.9. The van der Waals surface area contributed by atoms with E-state index in [-0.39, 0.29) is 17.5 Å². The Labute approximate surface area is 144 Å². The molecule has 2 atom stereocenters. The zero-order chi connectivity index (χ0) is 17.2. The summed E-state index contributed by atoms with van der Waals surface area (Å²) in [4.78, 5) is 17.7. The van der Waals surface area contributed by atoms with E-state index in [9.17, 15) is 9.90 Å². The minimum Gasteiger partial charge on any atom is -0.511 e. The highest BCUT2D eigenvalue weighted by Crippen LogP contribution is 2.33. The van der Waals surface area contributed by atoms with Gasteiger partial charge >= 0.3 is 0 Å². The molecule has 0 aliphatic heterocycles. The van der Waals surface area contributed by atoms with Gasteiger partial charge in [-0.25, -0.2) is 0 Å². The van der Waals surface area contributed by atoms with Crippen LogP contribution in [-0.2, 0) is 9.63 Å². The summed E-state index contributed by atoms with van der Waals surface area (Å²) >= 11 is 1.95. The first-order valence-corrected chi connectivity index (χ1v) is 9.88. The summed E-state index contributed by atoms with van der Waals surface area (Å²) in [5.74, 6) is 1.55. The number of ketones is 1. The second kappa shape index (κ2) is 10.7. The van der Waals surface area contributed by atoms with Crippen molar-refractivity contribution in [2.75, 3.05) is 12.4 Å². The average molecular weight is 342 g/mol. The van der Waals surface area contributed by atoms with Crippen molar-refractivity contribution in [1.82, 2.24) is 0 Å². The van der Waals surface area contributed by atoms with E-state index in [1.165, 1.54) is 0 Å². The van der Waals surface area contributed by atoms with Crippen LogP contribution in [0.15, 0.2) is 16.5 Å². The van der Waals surface area contributed by atoms with Crippen molar-refractivity contribution < 1.29 is 14.7 Å². The van der Waals surface area contributed by atoms with Crippen molar-refractivity contribution in [3.8, 4) is 0 Å². The quantitative estimate of drug-likeness (QED) is 0.454. The van der Waals surface area contributed by atoms with E-state index in [0.29, 0.717) is 42.4 Å². The Bertz CT molecular complexity index is 446. The molecule has 0 radical (unpaired) electrons. The largest absolute Gasteiger partial charge is 0.511 e. The molecule has 0 saturated heterocycles. The standard InChI is InChI=1S/C18H31NO3S/c1-5-9-15(19-22-7-3)18-16(20)11-13(12-17(18)21)10-14(6-2)23-8-4/h13-14,20H,5-12H2,1-4H3. The molecule has 0 aromatic rings. The van der Waals surface area contributed by atoms with E-state index in [1.54, 1.807) is 0 Å². The van der Waals surface area contributed by atoms with Crippen molar-refractivity contribution in [2.45, 2.75) is 71.5 Å². The molecule has 0 spiro atoms. The fraction of sp³-hybridized carbons (Fsp3) is 0.778. The van der Waals surface area contributed by atoms with Crippen LogP contribution in [0.2, 0.25) is 0 Å². The Hall–Kier alpha value is -0.970. The lowest BCUT2D eigenvalue weighted by Crippen LogP contribution is -2.26. The molecule has 1 rings (SSSR count). The van der Waals surface area contributed by atoms with E-state index in [1.807, 2.05) is 25.6 Å². The fourth-order valence-corrected chi connectivity index (χ4v) is 4.14. The predicted octanol–water partition coefficient (Wildman–Crippen LogP) is 4.89. The first kappa shape index (κ1) is 20.1. The predicted molar refractivity (Wildman–Crippen MR) is 98.2 cm³/mol. The molecule has 23 heavy (non-hydrogen) atoms. The van der Waals surface area contributed by atoms with E-state index >= 15 is 0 Å². The van der Waals surface area contributed by atoms with Gasteiger partial charge < -0.3 is 9.94 Å². The molecule has 2 unspecified atom stereocenters. The second-order valence-electron chi connectivity index (χ2n) is 5.95. The number of rotatable bonds is 10. The van der Waals surface area contributed by atoms with Gasteiger partial charge in [-0.15, -0.1) is 0 Å². The fourth-order valence-electron chi connectivity index (χ4n) is 3.02. The summed E-state index contributed by atoms with van der Waals surface area (Å²) in [5.41, 5.74) is 1.01. The smallest absolute Gasteiger partial charge is 0.168 e. The molecule has 1 N–H and O–H groups in total. The Morgan fingerprint density at radius 2 is 2.09 bits per heavy atom. The number of Topliss-reactive ketones (excluding diaryl/α,β-unsaturated/α-hetero) is 1. The van der Waals surface area contributed by atoms with Crippen molar-refractivity contribution in [2.24, 2.45) is 11.1 Å². The molecule has 0 aromatic carbocycles. The van der Waals surface area contributed by atoms with Crippen LogP contribution in [0.3, 0.4) is 0 Å². The maximum atomic E-state index is 12.6. The topological polar surface area (TPSA) is 58.9 Å². The van der Waals surface area contributed by atoms with Crippen LogP contribution in [0, 0.1) is 5.92 Å². The first-order chi connectivity index (χ1) is 11.1. The highest BCUT2D eigenvalue weighted by molar-refractivity contribution is 7.99. The number of nitrogens with zero attached hydrogens (tertiary/aromatic N) is 1. The number of oxime groups is 1. The minimum atomic E-state index is 0.0157. The third-order valence-corrected chi connectivity index (χ3v) is 5.39. The summed E-state index contributed by atoms with van der Waals surface area (Å²) in [6.45, 7) is 8.70.